The number of esters is 1. The van der Waals surface area contributed by atoms with E-state index in [-0.39, 0.29) is 17.9 Å². The molecular formula is C21H23IN2O4. The first-order chi connectivity index (χ1) is 13.4. The molecule has 1 atom stereocenters. The molecule has 1 saturated heterocycles. The van der Waals surface area contributed by atoms with E-state index in [1.54, 1.807) is 4.90 Å². The van der Waals surface area contributed by atoms with Crippen LogP contribution in [0.1, 0.15) is 36.4 Å². The summed E-state index contributed by atoms with van der Waals surface area (Å²) in [7, 11) is 3.20. The molecule has 0 aliphatic carbocycles. The SMILES string of the molecule is COC(=O)CCc1ccc(Oc2cc(I)c(N)cc2C2CCC(=O)N2C)cc1. The number of benzene rings is 2. The van der Waals surface area contributed by atoms with E-state index in [4.69, 9.17) is 10.5 Å². The van der Waals surface area contributed by atoms with Gasteiger partial charge in [-0.2, -0.15) is 0 Å². The molecule has 1 unspecified atom stereocenters. The smallest absolute Gasteiger partial charge is 0.305 e. The van der Waals surface area contributed by atoms with Gasteiger partial charge in [-0.05, 0) is 65.3 Å². The molecule has 1 amide bonds. The molecule has 148 valence electrons. The lowest BCUT2D eigenvalue weighted by Gasteiger charge is -2.23. The minimum Gasteiger partial charge on any atom is -0.469 e. The summed E-state index contributed by atoms with van der Waals surface area (Å²) in [5, 5.41) is 0. The fourth-order valence-electron chi connectivity index (χ4n) is 3.31. The van der Waals surface area contributed by atoms with Crippen molar-refractivity contribution in [1.82, 2.24) is 4.90 Å². The third-order valence-electron chi connectivity index (χ3n) is 4.98. The van der Waals surface area contributed by atoms with Crippen molar-refractivity contribution in [3.05, 3.63) is 51.1 Å². The number of rotatable bonds is 6. The lowest BCUT2D eigenvalue weighted by atomic mass is 10.0. The van der Waals surface area contributed by atoms with Crippen LogP contribution in [-0.2, 0) is 20.7 Å². The summed E-state index contributed by atoms with van der Waals surface area (Å²) < 4.78 is 11.7. The van der Waals surface area contributed by atoms with Crippen molar-refractivity contribution in [3.8, 4) is 11.5 Å². The Balaban J connectivity index is 1.81. The van der Waals surface area contributed by atoms with Crippen molar-refractivity contribution in [3.63, 3.8) is 0 Å². The number of aryl methyl sites for hydroxylation is 1. The number of nitrogens with two attached hydrogens (primary N) is 1. The van der Waals surface area contributed by atoms with Crippen LogP contribution >= 0.6 is 22.6 Å². The number of methoxy groups -OCH3 is 1. The normalized spacial score (nSPS) is 16.3. The van der Waals surface area contributed by atoms with Gasteiger partial charge in [0.15, 0.2) is 0 Å². The van der Waals surface area contributed by atoms with E-state index >= 15 is 0 Å². The first kappa shape index (κ1) is 20.4. The Morgan fingerprint density at radius 2 is 2.00 bits per heavy atom. The highest BCUT2D eigenvalue weighted by atomic mass is 127. The van der Waals surface area contributed by atoms with E-state index in [9.17, 15) is 9.59 Å². The van der Waals surface area contributed by atoms with Crippen molar-refractivity contribution in [2.75, 3.05) is 19.9 Å². The average molecular weight is 494 g/mol. The summed E-state index contributed by atoms with van der Waals surface area (Å²) in [4.78, 5) is 25.0. The number of ether oxygens (including phenoxy) is 2. The van der Waals surface area contributed by atoms with Crippen LogP contribution in [-0.4, -0.2) is 30.9 Å². The molecule has 2 aromatic rings. The molecule has 0 aromatic heterocycles. The van der Waals surface area contributed by atoms with Gasteiger partial charge in [0.25, 0.3) is 0 Å². The second-order valence-corrected chi connectivity index (χ2v) is 7.95. The van der Waals surface area contributed by atoms with Crippen molar-refractivity contribution >= 4 is 40.2 Å². The standard InChI is InChI=1S/C21H23IN2O4/c1-24-18(8-9-20(24)25)15-11-17(23)16(22)12-19(15)28-14-6-3-13(4-7-14)5-10-21(26)27-2/h3-4,6-7,11-12,18H,5,8-10,23H2,1-2H3. The van der Waals surface area contributed by atoms with Gasteiger partial charge in [-0.3, -0.25) is 9.59 Å². The van der Waals surface area contributed by atoms with E-state index in [2.05, 4.69) is 27.3 Å². The summed E-state index contributed by atoms with van der Waals surface area (Å²) in [5.74, 6) is 1.29. The molecule has 3 rings (SSSR count). The van der Waals surface area contributed by atoms with Crippen molar-refractivity contribution in [2.45, 2.75) is 31.7 Å². The zero-order valence-electron chi connectivity index (χ0n) is 15.9. The van der Waals surface area contributed by atoms with Crippen LogP contribution < -0.4 is 10.5 Å². The van der Waals surface area contributed by atoms with Crippen LogP contribution in [0.5, 0.6) is 11.5 Å². The van der Waals surface area contributed by atoms with Crippen LogP contribution in [0.15, 0.2) is 36.4 Å². The molecule has 2 N–H and O–H groups in total. The summed E-state index contributed by atoms with van der Waals surface area (Å²) in [5.41, 5.74) is 8.74. The number of nitrogens with zero attached hydrogens (tertiary/aromatic N) is 1. The highest BCUT2D eigenvalue weighted by Crippen LogP contribution is 2.40. The highest BCUT2D eigenvalue weighted by molar-refractivity contribution is 14.1. The van der Waals surface area contributed by atoms with Gasteiger partial charge in [0.1, 0.15) is 11.5 Å². The summed E-state index contributed by atoms with van der Waals surface area (Å²) in [6, 6.07) is 11.4. The van der Waals surface area contributed by atoms with Gasteiger partial charge in [0.05, 0.1) is 13.2 Å². The second-order valence-electron chi connectivity index (χ2n) is 6.79. The maximum Gasteiger partial charge on any atom is 0.305 e. The van der Waals surface area contributed by atoms with E-state index in [0.717, 1.165) is 21.1 Å². The van der Waals surface area contributed by atoms with Gasteiger partial charge < -0.3 is 20.1 Å². The number of anilines is 1. The van der Waals surface area contributed by atoms with E-state index in [0.29, 0.717) is 36.4 Å². The number of carbonyl (C=O) groups is 2. The van der Waals surface area contributed by atoms with Crippen molar-refractivity contribution in [2.24, 2.45) is 0 Å². The zero-order chi connectivity index (χ0) is 20.3. The minimum atomic E-state index is -0.225. The molecule has 0 bridgehead atoms. The van der Waals surface area contributed by atoms with E-state index < -0.39 is 0 Å². The highest BCUT2D eigenvalue weighted by Gasteiger charge is 2.31. The van der Waals surface area contributed by atoms with E-state index in [1.807, 2.05) is 43.4 Å². The van der Waals surface area contributed by atoms with Crippen LogP contribution in [0.4, 0.5) is 5.69 Å². The minimum absolute atomic E-state index is 0.0406. The molecule has 1 fully saturated rings. The van der Waals surface area contributed by atoms with Gasteiger partial charge in [-0.25, -0.2) is 0 Å². The van der Waals surface area contributed by atoms with Crippen molar-refractivity contribution in [1.29, 1.82) is 0 Å². The van der Waals surface area contributed by atoms with Gasteiger partial charge in [-0.15, -0.1) is 0 Å². The molecule has 1 aliphatic heterocycles. The Kier molecular flexibility index (Phi) is 6.43. The maximum absolute atomic E-state index is 12.0. The number of hydrogen-bond acceptors (Lipinski definition) is 5. The number of amides is 1. The predicted octanol–water partition coefficient (Wildman–Crippen LogP) is 4.06. The Bertz CT molecular complexity index is 883. The molecule has 0 radical (unpaired) electrons. The van der Waals surface area contributed by atoms with Crippen LogP contribution in [0, 0.1) is 3.57 Å². The molecule has 7 heteroatoms. The molecule has 28 heavy (non-hydrogen) atoms. The number of hydrogen-bond donors (Lipinski definition) is 1. The number of halogens is 1. The predicted molar refractivity (Wildman–Crippen MR) is 115 cm³/mol. The first-order valence-electron chi connectivity index (χ1n) is 9.07. The lowest BCUT2D eigenvalue weighted by molar-refractivity contribution is -0.140. The van der Waals surface area contributed by atoms with Crippen LogP contribution in [0.2, 0.25) is 0 Å². The third-order valence-corrected chi connectivity index (χ3v) is 5.91. The van der Waals surface area contributed by atoms with E-state index in [1.165, 1.54) is 7.11 Å². The molecule has 0 spiro atoms. The topological polar surface area (TPSA) is 81.9 Å². The Morgan fingerprint density at radius 3 is 2.61 bits per heavy atom. The monoisotopic (exact) mass is 494 g/mol. The zero-order valence-corrected chi connectivity index (χ0v) is 18.1. The fraction of sp³-hybridized carbons (Fsp3) is 0.333. The fourth-order valence-corrected chi connectivity index (χ4v) is 3.74. The number of nitrogen functional groups attached to an aromatic ring is 1. The van der Waals surface area contributed by atoms with Crippen molar-refractivity contribution < 1.29 is 19.1 Å². The third kappa shape index (κ3) is 4.57. The van der Waals surface area contributed by atoms with Crippen LogP contribution in [0.25, 0.3) is 0 Å². The first-order valence-corrected chi connectivity index (χ1v) is 10.1. The molecule has 1 aliphatic rings. The summed E-state index contributed by atoms with van der Waals surface area (Å²) in [6.45, 7) is 0. The van der Waals surface area contributed by atoms with Gasteiger partial charge in [0, 0.05) is 34.7 Å². The molecular weight excluding hydrogens is 471 g/mol. The number of carbonyl (C=O) groups excluding carboxylic acids is 2. The Hall–Kier alpha value is -2.29. The maximum atomic E-state index is 12.0. The summed E-state index contributed by atoms with van der Waals surface area (Å²) in [6.07, 6.45) is 2.24. The molecule has 0 saturated carbocycles. The average Bonchev–Trinajstić information content (AvgIpc) is 3.02. The van der Waals surface area contributed by atoms with Gasteiger partial charge in [0.2, 0.25) is 5.91 Å². The molecule has 6 nitrogen and oxygen atoms in total. The second kappa shape index (κ2) is 8.81. The number of likely N-dealkylation sites (tertiary alicyclic amines) is 1. The quantitative estimate of drug-likeness (QED) is 0.372. The summed E-state index contributed by atoms with van der Waals surface area (Å²) >= 11 is 2.18. The van der Waals surface area contributed by atoms with Gasteiger partial charge in [-0.1, -0.05) is 12.1 Å². The van der Waals surface area contributed by atoms with Gasteiger partial charge >= 0.3 is 5.97 Å². The Labute approximate surface area is 178 Å². The molecule has 1 heterocycles. The van der Waals surface area contributed by atoms with Crippen LogP contribution in [0.3, 0.4) is 0 Å². The largest absolute Gasteiger partial charge is 0.469 e. The Morgan fingerprint density at radius 1 is 1.29 bits per heavy atom. The molecule has 2 aromatic carbocycles. The lowest BCUT2D eigenvalue weighted by Crippen LogP contribution is -2.23.